The summed E-state index contributed by atoms with van der Waals surface area (Å²) in [4.78, 5) is 0. The Balaban J connectivity index is 2.22. The van der Waals surface area contributed by atoms with Crippen LogP contribution in [0.2, 0.25) is 5.02 Å². The van der Waals surface area contributed by atoms with Gasteiger partial charge >= 0.3 is 0 Å². The molecule has 0 aliphatic carbocycles. The van der Waals surface area contributed by atoms with Crippen molar-refractivity contribution in [2.45, 2.75) is 20.5 Å². The van der Waals surface area contributed by atoms with Crippen molar-refractivity contribution in [2.75, 3.05) is 5.73 Å². The molecule has 4 heteroatoms. The van der Waals surface area contributed by atoms with Gasteiger partial charge < -0.3 is 10.5 Å². The molecule has 2 aromatic rings. The number of aryl methyl sites for hydroxylation is 2. The summed E-state index contributed by atoms with van der Waals surface area (Å²) in [6, 6.07) is 8.37. The predicted molar refractivity (Wildman–Crippen MR) is 76.1 cm³/mol. The molecule has 0 atom stereocenters. The van der Waals surface area contributed by atoms with Gasteiger partial charge in [-0.3, -0.25) is 0 Å². The van der Waals surface area contributed by atoms with Crippen LogP contribution in [-0.4, -0.2) is 0 Å². The van der Waals surface area contributed by atoms with E-state index in [1.165, 1.54) is 6.07 Å². The van der Waals surface area contributed by atoms with Crippen molar-refractivity contribution in [1.29, 1.82) is 0 Å². The van der Waals surface area contributed by atoms with Crippen LogP contribution in [-0.2, 0) is 6.61 Å². The molecule has 2 nitrogen and oxygen atoms in total. The van der Waals surface area contributed by atoms with Crippen LogP contribution in [0.5, 0.6) is 5.75 Å². The molecule has 19 heavy (non-hydrogen) atoms. The zero-order valence-electron chi connectivity index (χ0n) is 10.8. The highest BCUT2D eigenvalue weighted by Gasteiger charge is 2.09. The number of benzene rings is 2. The van der Waals surface area contributed by atoms with Crippen LogP contribution in [0.15, 0.2) is 30.3 Å². The molecule has 0 radical (unpaired) electrons. The minimum Gasteiger partial charge on any atom is -0.488 e. The Labute approximate surface area is 117 Å². The van der Waals surface area contributed by atoms with E-state index in [0.29, 0.717) is 11.3 Å². The van der Waals surface area contributed by atoms with Crippen LogP contribution in [0.4, 0.5) is 10.1 Å². The van der Waals surface area contributed by atoms with Crippen LogP contribution >= 0.6 is 11.6 Å². The molecule has 0 fully saturated rings. The van der Waals surface area contributed by atoms with Crippen LogP contribution < -0.4 is 10.5 Å². The molecule has 0 aromatic heterocycles. The maximum atomic E-state index is 13.3. The molecule has 2 aromatic carbocycles. The zero-order chi connectivity index (χ0) is 14.0. The summed E-state index contributed by atoms with van der Waals surface area (Å²) in [5.74, 6) is 0.322. The minimum atomic E-state index is -0.437. The Kier molecular flexibility index (Phi) is 3.96. The number of anilines is 1. The summed E-state index contributed by atoms with van der Waals surface area (Å²) in [6.07, 6.45) is 0. The highest BCUT2D eigenvalue weighted by atomic mass is 35.5. The number of nitrogen functional groups attached to an aromatic ring is 1. The fraction of sp³-hybridized carbons (Fsp3) is 0.200. The summed E-state index contributed by atoms with van der Waals surface area (Å²) in [5.41, 5.74) is 8.97. The van der Waals surface area contributed by atoms with E-state index >= 15 is 0 Å². The standard InChI is InChI=1S/C15H15ClFNO/c1-9-6-12(18)7-10(2)15(9)19-8-11-4-3-5-13(17)14(11)16/h3-7H,8,18H2,1-2H3. The van der Waals surface area contributed by atoms with Crippen LogP contribution in [0, 0.1) is 19.7 Å². The first kappa shape index (κ1) is 13.7. The molecule has 0 saturated heterocycles. The third-order valence-electron chi connectivity index (χ3n) is 2.89. The summed E-state index contributed by atoms with van der Waals surface area (Å²) in [5, 5.41) is 0.105. The fourth-order valence-corrected chi connectivity index (χ4v) is 2.20. The van der Waals surface area contributed by atoms with Gasteiger partial charge in [0, 0.05) is 11.3 Å². The lowest BCUT2D eigenvalue weighted by Crippen LogP contribution is -2.01. The minimum absolute atomic E-state index is 0.105. The first-order chi connectivity index (χ1) is 8.99. The van der Waals surface area contributed by atoms with Gasteiger partial charge in [0.25, 0.3) is 0 Å². The van der Waals surface area contributed by atoms with E-state index in [9.17, 15) is 4.39 Å². The number of ether oxygens (including phenoxy) is 1. The molecule has 0 aliphatic heterocycles. The van der Waals surface area contributed by atoms with Gasteiger partial charge in [0.15, 0.2) is 0 Å². The average molecular weight is 280 g/mol. The van der Waals surface area contributed by atoms with E-state index < -0.39 is 5.82 Å². The van der Waals surface area contributed by atoms with Crippen LogP contribution in [0.25, 0.3) is 0 Å². The monoisotopic (exact) mass is 279 g/mol. The third kappa shape index (κ3) is 2.99. The summed E-state index contributed by atoms with van der Waals surface area (Å²) >= 11 is 5.89. The first-order valence-electron chi connectivity index (χ1n) is 5.91. The van der Waals surface area contributed by atoms with Crippen molar-refractivity contribution in [3.63, 3.8) is 0 Å². The average Bonchev–Trinajstić information content (AvgIpc) is 2.33. The van der Waals surface area contributed by atoms with Gasteiger partial charge in [-0.1, -0.05) is 23.7 Å². The zero-order valence-corrected chi connectivity index (χ0v) is 11.6. The molecule has 0 saturated carbocycles. The lowest BCUT2D eigenvalue weighted by Gasteiger charge is -2.13. The Morgan fingerprint density at radius 3 is 2.47 bits per heavy atom. The number of halogens is 2. The predicted octanol–water partition coefficient (Wildman–Crippen LogP) is 4.26. The van der Waals surface area contributed by atoms with Gasteiger partial charge in [0.1, 0.15) is 18.2 Å². The molecule has 0 heterocycles. The molecular formula is C15H15ClFNO. The van der Waals surface area contributed by atoms with E-state index in [-0.39, 0.29) is 11.6 Å². The summed E-state index contributed by atoms with van der Waals surface area (Å²) < 4.78 is 19.1. The van der Waals surface area contributed by atoms with Gasteiger partial charge in [-0.25, -0.2) is 4.39 Å². The second-order valence-electron chi connectivity index (χ2n) is 4.49. The quantitative estimate of drug-likeness (QED) is 0.852. The topological polar surface area (TPSA) is 35.2 Å². The normalized spacial score (nSPS) is 10.5. The van der Waals surface area contributed by atoms with E-state index in [4.69, 9.17) is 22.1 Å². The van der Waals surface area contributed by atoms with E-state index in [2.05, 4.69) is 0 Å². The lowest BCUT2D eigenvalue weighted by atomic mass is 10.1. The summed E-state index contributed by atoms with van der Waals surface area (Å²) in [6.45, 7) is 4.07. The maximum Gasteiger partial charge on any atom is 0.142 e. The van der Waals surface area contributed by atoms with Gasteiger partial charge in [0.2, 0.25) is 0 Å². The SMILES string of the molecule is Cc1cc(N)cc(C)c1OCc1cccc(F)c1Cl. The molecule has 0 bridgehead atoms. The van der Waals surface area contributed by atoms with Crippen molar-refractivity contribution in [3.05, 3.63) is 57.9 Å². The molecule has 0 amide bonds. The van der Waals surface area contributed by atoms with Crippen LogP contribution in [0.3, 0.4) is 0 Å². The molecule has 100 valence electrons. The molecule has 2 N–H and O–H groups in total. The smallest absolute Gasteiger partial charge is 0.142 e. The van der Waals surface area contributed by atoms with Crippen molar-refractivity contribution < 1.29 is 9.13 Å². The molecule has 0 spiro atoms. The van der Waals surface area contributed by atoms with Crippen LogP contribution in [0.1, 0.15) is 16.7 Å². The van der Waals surface area contributed by atoms with E-state index in [1.807, 2.05) is 26.0 Å². The maximum absolute atomic E-state index is 13.3. The van der Waals surface area contributed by atoms with Gasteiger partial charge in [-0.15, -0.1) is 0 Å². The lowest BCUT2D eigenvalue weighted by molar-refractivity contribution is 0.301. The Hall–Kier alpha value is -1.74. The second-order valence-corrected chi connectivity index (χ2v) is 4.86. The first-order valence-corrected chi connectivity index (χ1v) is 6.29. The van der Waals surface area contributed by atoms with Crippen molar-refractivity contribution in [2.24, 2.45) is 0 Å². The number of hydrogen-bond acceptors (Lipinski definition) is 2. The van der Waals surface area contributed by atoms with Crippen molar-refractivity contribution in [3.8, 4) is 5.75 Å². The van der Waals surface area contributed by atoms with Gasteiger partial charge in [-0.2, -0.15) is 0 Å². The Morgan fingerprint density at radius 1 is 1.21 bits per heavy atom. The van der Waals surface area contributed by atoms with Gasteiger partial charge in [0.05, 0.1) is 5.02 Å². The Morgan fingerprint density at radius 2 is 1.84 bits per heavy atom. The fourth-order valence-electron chi connectivity index (χ4n) is 2.02. The molecule has 2 rings (SSSR count). The van der Waals surface area contributed by atoms with Crippen molar-refractivity contribution >= 4 is 17.3 Å². The van der Waals surface area contributed by atoms with Crippen molar-refractivity contribution in [1.82, 2.24) is 0 Å². The number of nitrogens with two attached hydrogens (primary N) is 1. The van der Waals surface area contributed by atoms with Gasteiger partial charge in [-0.05, 0) is 43.2 Å². The van der Waals surface area contributed by atoms with E-state index in [0.717, 1.165) is 16.9 Å². The Bertz CT molecular complexity index is 590. The molecule has 0 unspecified atom stereocenters. The summed E-state index contributed by atoms with van der Waals surface area (Å²) in [7, 11) is 0. The number of hydrogen-bond donors (Lipinski definition) is 1. The number of rotatable bonds is 3. The second kappa shape index (κ2) is 5.49. The highest BCUT2D eigenvalue weighted by molar-refractivity contribution is 6.31. The van der Waals surface area contributed by atoms with E-state index in [1.54, 1.807) is 12.1 Å². The third-order valence-corrected chi connectivity index (χ3v) is 3.31. The highest BCUT2D eigenvalue weighted by Crippen LogP contribution is 2.28. The molecular weight excluding hydrogens is 265 g/mol. The largest absolute Gasteiger partial charge is 0.488 e. The molecule has 0 aliphatic rings.